The number of piperidine rings is 1. The second kappa shape index (κ2) is 4.92. The minimum Gasteiger partial charge on any atom is -0.497 e. The van der Waals surface area contributed by atoms with Gasteiger partial charge in [-0.3, -0.25) is 0 Å². The minimum absolute atomic E-state index is 0.330. The molecule has 3 nitrogen and oxygen atoms in total. The average molecular weight is 239 g/mol. The second-order valence-corrected chi connectivity index (χ2v) is 4.31. The SMILES string of the molecule is COc1ccc(OC)c(C2(F)CCCNC2)c1. The maximum absolute atomic E-state index is 14.9. The van der Waals surface area contributed by atoms with Crippen LogP contribution in [0.2, 0.25) is 0 Å². The third-order valence-electron chi connectivity index (χ3n) is 3.22. The Balaban J connectivity index is 2.40. The normalized spacial score (nSPS) is 24.4. The highest BCUT2D eigenvalue weighted by atomic mass is 19.1. The number of ether oxygens (including phenoxy) is 2. The van der Waals surface area contributed by atoms with Crippen LogP contribution < -0.4 is 14.8 Å². The minimum atomic E-state index is -1.36. The van der Waals surface area contributed by atoms with Crippen molar-refractivity contribution >= 4 is 0 Å². The van der Waals surface area contributed by atoms with Crippen LogP contribution in [0, 0.1) is 0 Å². The lowest BCUT2D eigenvalue weighted by Gasteiger charge is -2.31. The smallest absolute Gasteiger partial charge is 0.152 e. The maximum Gasteiger partial charge on any atom is 0.152 e. The molecule has 1 unspecified atom stereocenters. The number of benzene rings is 1. The quantitative estimate of drug-likeness (QED) is 0.877. The van der Waals surface area contributed by atoms with Gasteiger partial charge in [-0.25, -0.2) is 4.39 Å². The molecule has 17 heavy (non-hydrogen) atoms. The van der Waals surface area contributed by atoms with Crippen LogP contribution in [0.5, 0.6) is 11.5 Å². The van der Waals surface area contributed by atoms with Gasteiger partial charge in [-0.1, -0.05) is 0 Å². The third-order valence-corrected chi connectivity index (χ3v) is 3.22. The summed E-state index contributed by atoms with van der Waals surface area (Å²) in [5.74, 6) is 1.24. The van der Waals surface area contributed by atoms with Gasteiger partial charge < -0.3 is 14.8 Å². The summed E-state index contributed by atoms with van der Waals surface area (Å²) in [6.45, 7) is 1.20. The number of hydrogen-bond donors (Lipinski definition) is 1. The van der Waals surface area contributed by atoms with Crippen LogP contribution in [0.25, 0.3) is 0 Å². The van der Waals surface area contributed by atoms with Gasteiger partial charge >= 0.3 is 0 Å². The van der Waals surface area contributed by atoms with E-state index < -0.39 is 5.67 Å². The molecule has 1 aliphatic rings. The predicted octanol–water partition coefficient (Wildman–Crippen LogP) is 2.25. The van der Waals surface area contributed by atoms with Gasteiger partial charge in [0.15, 0.2) is 5.67 Å². The molecule has 0 saturated carbocycles. The first-order valence-corrected chi connectivity index (χ1v) is 5.82. The topological polar surface area (TPSA) is 30.5 Å². The lowest BCUT2D eigenvalue weighted by molar-refractivity contribution is 0.117. The Morgan fingerprint density at radius 2 is 2.12 bits per heavy atom. The molecule has 4 heteroatoms. The molecule has 94 valence electrons. The molecule has 0 bridgehead atoms. The Labute approximate surface area is 101 Å². The molecular formula is C13H18FNO2. The van der Waals surface area contributed by atoms with Gasteiger partial charge in [0, 0.05) is 12.1 Å². The summed E-state index contributed by atoms with van der Waals surface area (Å²) in [5, 5.41) is 3.09. The zero-order chi connectivity index (χ0) is 12.3. The first-order valence-electron chi connectivity index (χ1n) is 5.82. The second-order valence-electron chi connectivity index (χ2n) is 4.31. The van der Waals surface area contributed by atoms with Crippen molar-refractivity contribution in [2.24, 2.45) is 0 Å². The van der Waals surface area contributed by atoms with E-state index in [9.17, 15) is 4.39 Å². The summed E-state index contributed by atoms with van der Waals surface area (Å²) < 4.78 is 25.3. The van der Waals surface area contributed by atoms with Crippen LogP contribution in [0.15, 0.2) is 18.2 Å². The van der Waals surface area contributed by atoms with E-state index in [-0.39, 0.29) is 0 Å². The average Bonchev–Trinajstić information content (AvgIpc) is 2.39. The van der Waals surface area contributed by atoms with Crippen molar-refractivity contribution in [3.8, 4) is 11.5 Å². The molecule has 2 rings (SSSR count). The van der Waals surface area contributed by atoms with Crippen molar-refractivity contribution in [2.45, 2.75) is 18.5 Å². The molecule has 0 amide bonds. The molecule has 1 N–H and O–H groups in total. The van der Waals surface area contributed by atoms with Crippen LogP contribution in [-0.4, -0.2) is 27.3 Å². The van der Waals surface area contributed by atoms with E-state index in [4.69, 9.17) is 9.47 Å². The lowest BCUT2D eigenvalue weighted by atomic mass is 9.87. The zero-order valence-electron chi connectivity index (χ0n) is 10.3. The summed E-state index contributed by atoms with van der Waals surface area (Å²) in [4.78, 5) is 0. The van der Waals surface area contributed by atoms with E-state index in [1.807, 2.05) is 0 Å². The van der Waals surface area contributed by atoms with Gasteiger partial charge in [-0.2, -0.15) is 0 Å². The highest BCUT2D eigenvalue weighted by Crippen LogP contribution is 2.40. The van der Waals surface area contributed by atoms with Gasteiger partial charge in [0.25, 0.3) is 0 Å². The van der Waals surface area contributed by atoms with Crippen molar-refractivity contribution in [2.75, 3.05) is 27.3 Å². The number of methoxy groups -OCH3 is 2. The van der Waals surface area contributed by atoms with E-state index in [0.717, 1.165) is 13.0 Å². The number of nitrogens with one attached hydrogen (secondary N) is 1. The number of alkyl halides is 1. The fourth-order valence-corrected chi connectivity index (χ4v) is 2.26. The number of hydrogen-bond acceptors (Lipinski definition) is 3. The van der Waals surface area contributed by atoms with Crippen molar-refractivity contribution < 1.29 is 13.9 Å². The number of halogens is 1. The molecule has 1 atom stereocenters. The monoisotopic (exact) mass is 239 g/mol. The third kappa shape index (κ3) is 2.36. The standard InChI is InChI=1S/C13H18FNO2/c1-16-10-4-5-12(17-2)11(8-10)13(14)6-3-7-15-9-13/h4-5,8,15H,3,6-7,9H2,1-2H3. The largest absolute Gasteiger partial charge is 0.497 e. The van der Waals surface area contributed by atoms with Crippen molar-refractivity contribution in [1.82, 2.24) is 5.32 Å². The Bertz CT molecular complexity index is 389. The van der Waals surface area contributed by atoms with E-state index >= 15 is 0 Å². The summed E-state index contributed by atoms with van der Waals surface area (Å²) in [5.41, 5.74) is -0.787. The van der Waals surface area contributed by atoms with E-state index in [0.29, 0.717) is 30.0 Å². The van der Waals surface area contributed by atoms with Gasteiger partial charge in [-0.05, 0) is 37.6 Å². The molecule has 1 heterocycles. The van der Waals surface area contributed by atoms with E-state index in [1.165, 1.54) is 0 Å². The predicted molar refractivity (Wildman–Crippen MR) is 64.4 cm³/mol. The van der Waals surface area contributed by atoms with Gasteiger partial charge in [0.2, 0.25) is 0 Å². The van der Waals surface area contributed by atoms with Crippen LogP contribution in [0.4, 0.5) is 4.39 Å². The van der Waals surface area contributed by atoms with Crippen LogP contribution in [0.3, 0.4) is 0 Å². The molecule has 1 fully saturated rings. The summed E-state index contributed by atoms with van der Waals surface area (Å²) in [6, 6.07) is 5.26. The van der Waals surface area contributed by atoms with E-state index in [2.05, 4.69) is 5.32 Å². The van der Waals surface area contributed by atoms with Gasteiger partial charge in [0.1, 0.15) is 11.5 Å². The van der Waals surface area contributed by atoms with E-state index in [1.54, 1.807) is 32.4 Å². The number of rotatable bonds is 3. The van der Waals surface area contributed by atoms with Gasteiger partial charge in [-0.15, -0.1) is 0 Å². The summed E-state index contributed by atoms with van der Waals surface area (Å²) in [6.07, 6.45) is 1.35. The fourth-order valence-electron chi connectivity index (χ4n) is 2.26. The Hall–Kier alpha value is -1.29. The first-order chi connectivity index (χ1) is 8.19. The molecular weight excluding hydrogens is 221 g/mol. The highest BCUT2D eigenvalue weighted by Gasteiger charge is 2.36. The van der Waals surface area contributed by atoms with Gasteiger partial charge in [0.05, 0.1) is 14.2 Å². The fraction of sp³-hybridized carbons (Fsp3) is 0.538. The molecule has 1 aliphatic heterocycles. The molecule has 1 saturated heterocycles. The van der Waals surface area contributed by atoms with Crippen molar-refractivity contribution in [3.63, 3.8) is 0 Å². The van der Waals surface area contributed by atoms with Crippen molar-refractivity contribution in [1.29, 1.82) is 0 Å². The molecule has 1 aromatic carbocycles. The van der Waals surface area contributed by atoms with Crippen LogP contribution in [-0.2, 0) is 5.67 Å². The molecule has 0 radical (unpaired) electrons. The Kier molecular flexibility index (Phi) is 3.52. The molecule has 0 spiro atoms. The summed E-state index contributed by atoms with van der Waals surface area (Å²) in [7, 11) is 3.14. The first kappa shape index (κ1) is 12.2. The lowest BCUT2D eigenvalue weighted by Crippen LogP contribution is -2.40. The molecule has 0 aromatic heterocycles. The molecule has 1 aromatic rings. The zero-order valence-corrected chi connectivity index (χ0v) is 10.3. The Morgan fingerprint density at radius 1 is 1.29 bits per heavy atom. The summed E-state index contributed by atoms with van der Waals surface area (Å²) >= 11 is 0. The Morgan fingerprint density at radius 3 is 2.71 bits per heavy atom. The highest BCUT2D eigenvalue weighted by molar-refractivity contribution is 5.44. The van der Waals surface area contributed by atoms with Crippen LogP contribution >= 0.6 is 0 Å². The van der Waals surface area contributed by atoms with Crippen molar-refractivity contribution in [3.05, 3.63) is 23.8 Å². The van der Waals surface area contributed by atoms with Crippen LogP contribution in [0.1, 0.15) is 18.4 Å². The molecule has 0 aliphatic carbocycles. The maximum atomic E-state index is 14.9.